The molecule has 118 valence electrons. The lowest BCUT2D eigenvalue weighted by molar-refractivity contribution is -0.148. The highest BCUT2D eigenvalue weighted by Crippen LogP contribution is 2.28. The average molecular weight is 286 g/mol. The van der Waals surface area contributed by atoms with E-state index in [1.807, 2.05) is 6.92 Å². The van der Waals surface area contributed by atoms with Crippen molar-refractivity contribution < 1.29 is 14.3 Å². The zero-order valence-corrected chi connectivity index (χ0v) is 13.4. The lowest BCUT2D eigenvalue weighted by Gasteiger charge is -2.27. The lowest BCUT2D eigenvalue weighted by atomic mass is 9.96. The number of likely N-dealkylation sites (N-methyl/N-ethyl adjacent to an activating group) is 2. The predicted octanol–water partition coefficient (Wildman–Crippen LogP) is 1.28. The number of nitrogens with one attached hydrogen (secondary N) is 1. The van der Waals surface area contributed by atoms with E-state index in [-0.39, 0.29) is 5.97 Å². The largest absolute Gasteiger partial charge is 0.468 e. The quantitative estimate of drug-likeness (QED) is 0.458. The van der Waals surface area contributed by atoms with Gasteiger partial charge in [-0.2, -0.15) is 0 Å². The predicted molar refractivity (Wildman–Crippen MR) is 79.8 cm³/mol. The number of ether oxygens (including phenoxy) is 2. The number of rotatable bonds is 11. The Morgan fingerprint density at radius 3 is 2.65 bits per heavy atom. The first kappa shape index (κ1) is 17.4. The molecule has 5 nitrogen and oxygen atoms in total. The van der Waals surface area contributed by atoms with Gasteiger partial charge < -0.3 is 19.7 Å². The molecule has 1 atom stereocenters. The second-order valence-electron chi connectivity index (χ2n) is 6.00. The highest BCUT2D eigenvalue weighted by Gasteiger charge is 2.31. The molecule has 0 aromatic rings. The molecular weight excluding hydrogens is 256 g/mol. The van der Waals surface area contributed by atoms with Gasteiger partial charge in [0.15, 0.2) is 0 Å². The van der Waals surface area contributed by atoms with Crippen LogP contribution in [0, 0.1) is 5.92 Å². The van der Waals surface area contributed by atoms with E-state index >= 15 is 0 Å². The molecule has 0 aliphatic heterocycles. The fraction of sp³-hybridized carbons (Fsp3) is 0.933. The number of methoxy groups -OCH3 is 1. The molecule has 1 aliphatic carbocycles. The summed E-state index contributed by atoms with van der Waals surface area (Å²) < 4.78 is 10.5. The summed E-state index contributed by atoms with van der Waals surface area (Å²) in [6.07, 6.45) is 4.40. The van der Waals surface area contributed by atoms with Crippen LogP contribution in [0.5, 0.6) is 0 Å². The number of carbonyl (C=O) groups excluding carboxylic acids is 1. The van der Waals surface area contributed by atoms with Gasteiger partial charge in [-0.1, -0.05) is 0 Å². The SMILES string of the molecule is CNC(C)(CCCN(C)CCOCC1CC1)C(=O)OC. The third-order valence-electron chi connectivity index (χ3n) is 4.07. The molecule has 1 aliphatic rings. The number of nitrogens with zero attached hydrogens (tertiary/aromatic N) is 1. The van der Waals surface area contributed by atoms with E-state index < -0.39 is 5.54 Å². The van der Waals surface area contributed by atoms with Crippen molar-refractivity contribution in [1.29, 1.82) is 0 Å². The Hall–Kier alpha value is -0.650. The summed E-state index contributed by atoms with van der Waals surface area (Å²) >= 11 is 0. The number of hydrogen-bond acceptors (Lipinski definition) is 5. The van der Waals surface area contributed by atoms with Crippen molar-refractivity contribution in [1.82, 2.24) is 10.2 Å². The maximum atomic E-state index is 11.7. The van der Waals surface area contributed by atoms with Crippen molar-refractivity contribution in [3.05, 3.63) is 0 Å². The van der Waals surface area contributed by atoms with Crippen LogP contribution in [0.1, 0.15) is 32.6 Å². The third-order valence-corrected chi connectivity index (χ3v) is 4.07. The zero-order valence-electron chi connectivity index (χ0n) is 13.4. The van der Waals surface area contributed by atoms with Gasteiger partial charge >= 0.3 is 5.97 Å². The molecule has 0 aromatic carbocycles. The van der Waals surface area contributed by atoms with Crippen LogP contribution in [0.15, 0.2) is 0 Å². The molecule has 1 unspecified atom stereocenters. The Balaban J connectivity index is 2.09. The Bertz CT molecular complexity index is 295. The minimum atomic E-state index is -0.585. The van der Waals surface area contributed by atoms with E-state index in [0.29, 0.717) is 0 Å². The lowest BCUT2D eigenvalue weighted by Crippen LogP contribution is -2.48. The fourth-order valence-electron chi connectivity index (χ4n) is 2.12. The van der Waals surface area contributed by atoms with Crippen LogP contribution in [0.25, 0.3) is 0 Å². The normalized spacial score (nSPS) is 18.1. The molecule has 0 spiro atoms. The first-order valence-corrected chi connectivity index (χ1v) is 7.55. The molecule has 5 heteroatoms. The minimum absolute atomic E-state index is 0.199. The van der Waals surface area contributed by atoms with Crippen LogP contribution in [0.4, 0.5) is 0 Å². The van der Waals surface area contributed by atoms with Crippen LogP contribution in [-0.2, 0) is 14.3 Å². The van der Waals surface area contributed by atoms with E-state index in [9.17, 15) is 4.79 Å². The highest BCUT2D eigenvalue weighted by molar-refractivity contribution is 5.80. The maximum Gasteiger partial charge on any atom is 0.325 e. The molecule has 0 bridgehead atoms. The molecular formula is C15H30N2O3. The van der Waals surface area contributed by atoms with Crippen molar-refractivity contribution in [3.63, 3.8) is 0 Å². The summed E-state index contributed by atoms with van der Waals surface area (Å²) in [5.41, 5.74) is -0.585. The van der Waals surface area contributed by atoms with E-state index in [1.165, 1.54) is 20.0 Å². The molecule has 1 N–H and O–H groups in total. The summed E-state index contributed by atoms with van der Waals surface area (Å²) in [5, 5.41) is 3.06. The highest BCUT2D eigenvalue weighted by atomic mass is 16.5. The van der Waals surface area contributed by atoms with Gasteiger partial charge in [0, 0.05) is 13.2 Å². The van der Waals surface area contributed by atoms with Crippen LogP contribution in [-0.4, -0.2) is 63.9 Å². The van der Waals surface area contributed by atoms with E-state index in [1.54, 1.807) is 7.05 Å². The van der Waals surface area contributed by atoms with E-state index in [0.717, 1.165) is 45.1 Å². The van der Waals surface area contributed by atoms with Crippen LogP contribution >= 0.6 is 0 Å². The van der Waals surface area contributed by atoms with Gasteiger partial charge in [-0.25, -0.2) is 0 Å². The van der Waals surface area contributed by atoms with Gasteiger partial charge in [-0.15, -0.1) is 0 Å². The van der Waals surface area contributed by atoms with Gasteiger partial charge in [0.1, 0.15) is 5.54 Å². The molecule has 0 heterocycles. The van der Waals surface area contributed by atoms with Crippen LogP contribution in [0.2, 0.25) is 0 Å². The minimum Gasteiger partial charge on any atom is -0.468 e. The number of carbonyl (C=O) groups is 1. The number of esters is 1. The average Bonchev–Trinajstić information content (AvgIpc) is 3.26. The summed E-state index contributed by atoms with van der Waals surface area (Å²) in [5.74, 6) is 0.632. The molecule has 0 saturated heterocycles. The van der Waals surface area contributed by atoms with E-state index in [4.69, 9.17) is 9.47 Å². The first-order chi connectivity index (χ1) is 9.51. The van der Waals surface area contributed by atoms with Crippen molar-refractivity contribution >= 4 is 5.97 Å². The summed E-state index contributed by atoms with van der Waals surface area (Å²) in [7, 11) is 5.32. The zero-order chi connectivity index (χ0) is 15.0. The second kappa shape index (κ2) is 8.60. The first-order valence-electron chi connectivity index (χ1n) is 7.55. The van der Waals surface area contributed by atoms with Gasteiger partial charge in [-0.3, -0.25) is 4.79 Å². The topological polar surface area (TPSA) is 50.8 Å². The summed E-state index contributed by atoms with van der Waals surface area (Å²) in [4.78, 5) is 14.0. The maximum absolute atomic E-state index is 11.7. The van der Waals surface area contributed by atoms with Gasteiger partial charge in [0.2, 0.25) is 0 Å². The van der Waals surface area contributed by atoms with Crippen molar-refractivity contribution in [2.24, 2.45) is 5.92 Å². The third kappa shape index (κ3) is 6.20. The Morgan fingerprint density at radius 2 is 2.10 bits per heavy atom. The van der Waals surface area contributed by atoms with Crippen molar-refractivity contribution in [2.75, 3.05) is 47.5 Å². The van der Waals surface area contributed by atoms with E-state index in [2.05, 4.69) is 17.3 Å². The fourth-order valence-corrected chi connectivity index (χ4v) is 2.12. The molecule has 0 radical (unpaired) electrons. The second-order valence-corrected chi connectivity index (χ2v) is 6.00. The smallest absolute Gasteiger partial charge is 0.325 e. The van der Waals surface area contributed by atoms with Crippen LogP contribution < -0.4 is 5.32 Å². The van der Waals surface area contributed by atoms with Gasteiger partial charge in [0.25, 0.3) is 0 Å². The molecule has 20 heavy (non-hydrogen) atoms. The Kier molecular flexibility index (Phi) is 7.48. The molecule has 0 amide bonds. The van der Waals surface area contributed by atoms with Gasteiger partial charge in [0.05, 0.1) is 13.7 Å². The summed E-state index contributed by atoms with van der Waals surface area (Å²) in [6.45, 7) is 5.52. The van der Waals surface area contributed by atoms with Crippen molar-refractivity contribution in [2.45, 2.75) is 38.1 Å². The van der Waals surface area contributed by atoms with Gasteiger partial charge in [-0.05, 0) is 59.2 Å². The van der Waals surface area contributed by atoms with Crippen molar-refractivity contribution in [3.8, 4) is 0 Å². The molecule has 1 rings (SSSR count). The Labute approximate surface area is 123 Å². The number of hydrogen-bond donors (Lipinski definition) is 1. The Morgan fingerprint density at radius 1 is 1.40 bits per heavy atom. The molecule has 0 aromatic heterocycles. The molecule has 1 saturated carbocycles. The standard InChI is InChI=1S/C15H30N2O3/c1-15(16-2,14(18)19-4)8-5-9-17(3)10-11-20-12-13-6-7-13/h13,16H,5-12H2,1-4H3. The summed E-state index contributed by atoms with van der Waals surface area (Å²) in [6, 6.07) is 0. The van der Waals surface area contributed by atoms with Crippen LogP contribution in [0.3, 0.4) is 0 Å². The monoisotopic (exact) mass is 286 g/mol. The molecule has 1 fully saturated rings.